The van der Waals surface area contributed by atoms with Gasteiger partial charge in [-0.05, 0) is 127 Å². The summed E-state index contributed by atoms with van der Waals surface area (Å²) >= 11 is 0. The van der Waals surface area contributed by atoms with Crippen molar-refractivity contribution in [2.24, 2.45) is 56.2 Å². The van der Waals surface area contributed by atoms with Crippen LogP contribution in [0.2, 0.25) is 0 Å². The molecule has 0 saturated heterocycles. The van der Waals surface area contributed by atoms with E-state index in [2.05, 4.69) is 55.4 Å². The highest BCUT2D eigenvalue weighted by atomic mass is 16.5. The lowest BCUT2D eigenvalue weighted by molar-refractivity contribution is -0.263. The van der Waals surface area contributed by atoms with Gasteiger partial charge in [0, 0.05) is 7.11 Å². The maximum Gasteiger partial charge on any atom is 0.0602 e. The Balaban J connectivity index is 1.52. The molecule has 0 aromatic carbocycles. The highest BCUT2D eigenvalue weighted by Gasteiger charge is 2.70. The zero-order valence-electron chi connectivity index (χ0n) is 23.1. The molecule has 0 aromatic rings. The smallest absolute Gasteiger partial charge is 0.0602 e. The van der Waals surface area contributed by atoms with Crippen molar-refractivity contribution < 1.29 is 4.74 Å². The number of hydrogen-bond donors (Lipinski definition) is 0. The van der Waals surface area contributed by atoms with Crippen molar-refractivity contribution in [3.05, 3.63) is 0 Å². The molecule has 184 valence electrons. The molecular weight excluding hydrogens is 388 g/mol. The van der Waals surface area contributed by atoms with Gasteiger partial charge in [0.1, 0.15) is 0 Å². The Labute approximate surface area is 200 Å². The van der Waals surface area contributed by atoms with E-state index in [-0.39, 0.29) is 0 Å². The summed E-state index contributed by atoms with van der Waals surface area (Å²) < 4.78 is 6.00. The highest BCUT2D eigenvalue weighted by molar-refractivity contribution is 5.19. The second-order valence-electron chi connectivity index (χ2n) is 15.7. The van der Waals surface area contributed by atoms with Gasteiger partial charge in [-0.3, -0.25) is 0 Å². The standard InChI is InChI=1S/C31H54O/c1-21-22(32-9)10-11-23-28(21,5)13-12-24-29(23,6)17-19-31(8)25-20-26(2,3)14-15-27(25,4)16-18-30(24,31)7/h21-25H,10-20H2,1-9H3/t21-,22+,23+,24+,25-,27+,28+,29+,30+,31-/m0/s1. The molecule has 0 aromatic heterocycles. The van der Waals surface area contributed by atoms with Crippen LogP contribution in [0.4, 0.5) is 0 Å². The van der Waals surface area contributed by atoms with Crippen molar-refractivity contribution in [1.82, 2.24) is 0 Å². The lowest BCUT2D eigenvalue weighted by Crippen LogP contribution is -2.68. The molecule has 0 bridgehead atoms. The average molecular weight is 443 g/mol. The first-order chi connectivity index (χ1) is 14.8. The Morgan fingerprint density at radius 1 is 0.594 bits per heavy atom. The van der Waals surface area contributed by atoms with E-state index in [1.54, 1.807) is 0 Å². The van der Waals surface area contributed by atoms with Gasteiger partial charge in [-0.1, -0.05) is 55.4 Å². The molecular formula is C31H54O. The van der Waals surface area contributed by atoms with Crippen LogP contribution in [-0.4, -0.2) is 13.2 Å². The Morgan fingerprint density at radius 2 is 1.22 bits per heavy atom. The summed E-state index contributed by atoms with van der Waals surface area (Å²) in [5.74, 6) is 3.40. The number of ether oxygens (including phenoxy) is 1. The van der Waals surface area contributed by atoms with Crippen molar-refractivity contribution in [2.45, 2.75) is 132 Å². The van der Waals surface area contributed by atoms with E-state index in [9.17, 15) is 0 Å². The van der Waals surface area contributed by atoms with Gasteiger partial charge in [0.15, 0.2) is 0 Å². The van der Waals surface area contributed by atoms with Crippen molar-refractivity contribution >= 4 is 0 Å². The highest BCUT2D eigenvalue weighted by Crippen LogP contribution is 2.78. The van der Waals surface area contributed by atoms with Crippen molar-refractivity contribution in [3.8, 4) is 0 Å². The van der Waals surface area contributed by atoms with E-state index in [1.165, 1.54) is 70.6 Å². The van der Waals surface area contributed by atoms with Gasteiger partial charge in [0.05, 0.1) is 6.10 Å². The molecule has 32 heavy (non-hydrogen) atoms. The lowest BCUT2D eigenvalue weighted by Gasteiger charge is -2.75. The molecule has 5 rings (SSSR count). The fraction of sp³-hybridized carbons (Fsp3) is 1.00. The molecule has 0 amide bonds. The van der Waals surface area contributed by atoms with Gasteiger partial charge >= 0.3 is 0 Å². The van der Waals surface area contributed by atoms with Crippen LogP contribution < -0.4 is 0 Å². The van der Waals surface area contributed by atoms with E-state index in [0.29, 0.717) is 44.5 Å². The fourth-order valence-electron chi connectivity index (χ4n) is 11.7. The molecule has 5 fully saturated rings. The summed E-state index contributed by atoms with van der Waals surface area (Å²) in [4.78, 5) is 0. The van der Waals surface area contributed by atoms with Gasteiger partial charge in [-0.15, -0.1) is 0 Å². The van der Waals surface area contributed by atoms with Gasteiger partial charge in [0.2, 0.25) is 0 Å². The third kappa shape index (κ3) is 2.85. The van der Waals surface area contributed by atoms with E-state index >= 15 is 0 Å². The zero-order chi connectivity index (χ0) is 23.4. The molecule has 0 unspecified atom stereocenters. The second-order valence-corrected chi connectivity index (χ2v) is 15.7. The quantitative estimate of drug-likeness (QED) is 0.394. The third-order valence-electron chi connectivity index (χ3n) is 14.2. The molecule has 0 heterocycles. The molecule has 1 nitrogen and oxygen atoms in total. The van der Waals surface area contributed by atoms with Crippen LogP contribution in [0.25, 0.3) is 0 Å². The third-order valence-corrected chi connectivity index (χ3v) is 14.2. The number of fused-ring (bicyclic) bond motifs is 7. The van der Waals surface area contributed by atoms with Crippen LogP contribution >= 0.6 is 0 Å². The van der Waals surface area contributed by atoms with Crippen LogP contribution in [0.15, 0.2) is 0 Å². The molecule has 5 aliphatic rings. The van der Waals surface area contributed by atoms with Gasteiger partial charge in [-0.25, -0.2) is 0 Å². The Morgan fingerprint density at radius 3 is 1.91 bits per heavy atom. The normalized spacial score (nSPS) is 59.3. The molecule has 10 atom stereocenters. The first-order valence-corrected chi connectivity index (χ1v) is 14.3. The Kier molecular flexibility index (Phi) is 5.19. The molecule has 0 radical (unpaired) electrons. The number of rotatable bonds is 1. The Bertz CT molecular complexity index is 756. The molecule has 0 aliphatic heterocycles. The summed E-state index contributed by atoms with van der Waals surface area (Å²) in [7, 11) is 1.95. The van der Waals surface area contributed by atoms with Crippen LogP contribution in [0.1, 0.15) is 126 Å². The zero-order valence-corrected chi connectivity index (χ0v) is 23.1. The molecule has 1 heteroatoms. The van der Waals surface area contributed by atoms with E-state index in [1.807, 2.05) is 7.11 Å². The van der Waals surface area contributed by atoms with Crippen molar-refractivity contribution in [3.63, 3.8) is 0 Å². The first kappa shape index (κ1) is 23.7. The SMILES string of the molecule is CO[C@@H]1CC[C@@H]2[C@](C)(CC[C@@H]3[C@]2(C)CC[C@@]2(C)[C@H]4CC(C)(C)CC[C@]4(C)CC[C@]32C)[C@H]1C. The second kappa shape index (κ2) is 7.01. The van der Waals surface area contributed by atoms with Crippen molar-refractivity contribution in [1.29, 1.82) is 0 Å². The summed E-state index contributed by atoms with van der Waals surface area (Å²) in [5.41, 5.74) is 3.14. The minimum atomic E-state index is 0.463. The Hall–Kier alpha value is -0.0400. The van der Waals surface area contributed by atoms with E-state index < -0.39 is 0 Å². The number of hydrogen-bond acceptors (Lipinski definition) is 1. The minimum Gasteiger partial charge on any atom is -0.381 e. The average Bonchev–Trinajstić information content (AvgIpc) is 2.72. The summed E-state index contributed by atoms with van der Waals surface area (Å²) in [6, 6.07) is 0. The molecule has 5 aliphatic carbocycles. The molecule has 5 saturated carbocycles. The van der Waals surface area contributed by atoms with Gasteiger partial charge < -0.3 is 4.74 Å². The maximum absolute atomic E-state index is 6.00. The van der Waals surface area contributed by atoms with Crippen LogP contribution in [-0.2, 0) is 4.74 Å². The summed E-state index contributed by atoms with van der Waals surface area (Å²) in [6.45, 7) is 21.4. The minimum absolute atomic E-state index is 0.463. The van der Waals surface area contributed by atoms with Gasteiger partial charge in [0.25, 0.3) is 0 Å². The monoisotopic (exact) mass is 442 g/mol. The van der Waals surface area contributed by atoms with Gasteiger partial charge in [-0.2, -0.15) is 0 Å². The van der Waals surface area contributed by atoms with E-state index in [0.717, 1.165) is 17.8 Å². The van der Waals surface area contributed by atoms with E-state index in [4.69, 9.17) is 4.74 Å². The number of methoxy groups -OCH3 is 1. The predicted octanol–water partition coefficient (Wildman–Crippen LogP) is 8.90. The first-order valence-electron chi connectivity index (χ1n) is 14.3. The topological polar surface area (TPSA) is 9.23 Å². The van der Waals surface area contributed by atoms with Crippen LogP contribution in [0.5, 0.6) is 0 Å². The van der Waals surface area contributed by atoms with Crippen molar-refractivity contribution in [2.75, 3.05) is 7.11 Å². The largest absolute Gasteiger partial charge is 0.381 e. The molecule has 0 N–H and O–H groups in total. The maximum atomic E-state index is 6.00. The lowest BCUT2D eigenvalue weighted by atomic mass is 9.30. The summed E-state index contributed by atoms with van der Waals surface area (Å²) in [5, 5.41) is 0. The summed E-state index contributed by atoms with van der Waals surface area (Å²) in [6.07, 6.45) is 16.3. The fourth-order valence-corrected chi connectivity index (χ4v) is 11.7. The van der Waals surface area contributed by atoms with Crippen LogP contribution in [0, 0.1) is 56.2 Å². The molecule has 0 spiro atoms. The van der Waals surface area contributed by atoms with Crippen LogP contribution in [0.3, 0.4) is 0 Å². The predicted molar refractivity (Wildman–Crippen MR) is 136 cm³/mol.